The Labute approximate surface area is 110 Å². The molecule has 0 bridgehead atoms. The number of piperazine rings is 1. The molecule has 0 aromatic rings. The van der Waals surface area contributed by atoms with Gasteiger partial charge in [0.1, 0.15) is 12.6 Å². The Morgan fingerprint density at radius 3 is 2.67 bits per heavy atom. The number of hydrogen-bond donors (Lipinski definition) is 2. The number of aliphatic hydroxyl groups is 1. The smallest absolute Gasteiger partial charge is 0.219 e. The van der Waals surface area contributed by atoms with Gasteiger partial charge in [0.2, 0.25) is 5.91 Å². The number of nitrogens with zero attached hydrogens (tertiary/aromatic N) is 1. The molecule has 0 aromatic carbocycles. The molecule has 1 saturated heterocycles. The van der Waals surface area contributed by atoms with Crippen molar-refractivity contribution < 1.29 is 19.5 Å². The van der Waals surface area contributed by atoms with E-state index in [4.69, 9.17) is 4.74 Å². The van der Waals surface area contributed by atoms with E-state index in [1.807, 2.05) is 4.90 Å². The third-order valence-corrected chi connectivity index (χ3v) is 3.39. The molecule has 1 atom stereocenters. The van der Waals surface area contributed by atoms with Crippen LogP contribution in [0.25, 0.3) is 0 Å². The topological polar surface area (TPSA) is 54.2 Å². The molecule has 5 heteroatoms. The Bertz CT molecular complexity index is 240. The van der Waals surface area contributed by atoms with Gasteiger partial charge in [-0.05, 0) is 6.42 Å². The number of amides is 1. The second-order valence-corrected chi connectivity index (χ2v) is 5.04. The van der Waals surface area contributed by atoms with Crippen LogP contribution in [0.1, 0.15) is 26.7 Å². The molecule has 1 rings (SSSR count). The van der Waals surface area contributed by atoms with Crippen molar-refractivity contribution in [2.75, 3.05) is 45.9 Å². The average Bonchev–Trinajstić information content (AvgIpc) is 2.35. The highest BCUT2D eigenvalue weighted by Crippen LogP contribution is 1.92. The fraction of sp³-hybridized carbons (Fsp3) is 0.923. The number of ether oxygens (including phenoxy) is 1. The molecule has 0 aromatic heterocycles. The van der Waals surface area contributed by atoms with Gasteiger partial charge in [-0.3, -0.25) is 4.79 Å². The van der Waals surface area contributed by atoms with Crippen LogP contribution >= 0.6 is 0 Å². The predicted octanol–water partition coefficient (Wildman–Crippen LogP) is -1.09. The number of carbonyl (C=O) groups excluding carboxylic acids is 1. The van der Waals surface area contributed by atoms with Crippen molar-refractivity contribution >= 4 is 5.91 Å². The van der Waals surface area contributed by atoms with E-state index >= 15 is 0 Å². The fourth-order valence-corrected chi connectivity index (χ4v) is 2.20. The van der Waals surface area contributed by atoms with Gasteiger partial charge < -0.3 is 19.6 Å². The van der Waals surface area contributed by atoms with Crippen LogP contribution in [-0.2, 0) is 9.53 Å². The van der Waals surface area contributed by atoms with Gasteiger partial charge in [-0.25, -0.2) is 0 Å². The van der Waals surface area contributed by atoms with E-state index in [1.54, 1.807) is 6.92 Å². The first-order valence-corrected chi connectivity index (χ1v) is 6.98. The lowest BCUT2D eigenvalue weighted by Gasteiger charge is -2.32. The monoisotopic (exact) mass is 259 g/mol. The highest BCUT2D eigenvalue weighted by atomic mass is 16.5. The third-order valence-electron chi connectivity index (χ3n) is 3.39. The number of unbranched alkanes of at least 4 members (excludes halogenated alkanes) is 1. The summed E-state index contributed by atoms with van der Waals surface area (Å²) in [5.74, 6) is 0.150. The van der Waals surface area contributed by atoms with Gasteiger partial charge in [-0.15, -0.1) is 0 Å². The standard InChI is InChI=1S/C13H26N2O3/c1-3-4-9-18-11-13(17)10-14-5-7-15(8-6-14)12(2)16/h13,17H,3-11H2,1-2H3/p+1/t13-/m0/s1. The van der Waals surface area contributed by atoms with Crippen molar-refractivity contribution in [1.29, 1.82) is 0 Å². The van der Waals surface area contributed by atoms with Crippen molar-refractivity contribution in [2.45, 2.75) is 32.8 Å². The van der Waals surface area contributed by atoms with Crippen LogP contribution in [0.5, 0.6) is 0 Å². The number of quaternary nitrogens is 1. The Morgan fingerprint density at radius 2 is 2.11 bits per heavy atom. The molecule has 5 nitrogen and oxygen atoms in total. The van der Waals surface area contributed by atoms with Crippen molar-refractivity contribution in [3.8, 4) is 0 Å². The summed E-state index contributed by atoms with van der Waals surface area (Å²) in [7, 11) is 0. The third kappa shape index (κ3) is 5.80. The van der Waals surface area contributed by atoms with E-state index in [0.717, 1.165) is 52.2 Å². The fourth-order valence-electron chi connectivity index (χ4n) is 2.20. The largest absolute Gasteiger partial charge is 0.385 e. The van der Waals surface area contributed by atoms with Crippen LogP contribution in [0.2, 0.25) is 0 Å². The van der Waals surface area contributed by atoms with Crippen molar-refractivity contribution in [2.24, 2.45) is 0 Å². The van der Waals surface area contributed by atoms with Gasteiger partial charge >= 0.3 is 0 Å². The van der Waals surface area contributed by atoms with E-state index in [9.17, 15) is 9.90 Å². The first-order chi connectivity index (χ1) is 8.63. The SMILES string of the molecule is CCCCOC[C@@H](O)C[NH+]1CCN(C(C)=O)CC1. The molecular formula is C13H27N2O3+. The maximum Gasteiger partial charge on any atom is 0.219 e. The maximum atomic E-state index is 11.2. The molecule has 0 saturated carbocycles. The molecule has 1 amide bonds. The number of rotatable bonds is 7. The van der Waals surface area contributed by atoms with Crippen LogP contribution < -0.4 is 4.90 Å². The Kier molecular flexibility index (Phi) is 7.23. The summed E-state index contributed by atoms with van der Waals surface area (Å²) in [5, 5.41) is 9.85. The molecule has 1 heterocycles. The Balaban J connectivity index is 2.10. The van der Waals surface area contributed by atoms with E-state index < -0.39 is 0 Å². The van der Waals surface area contributed by atoms with Gasteiger partial charge in [0.15, 0.2) is 0 Å². The van der Waals surface area contributed by atoms with E-state index in [2.05, 4.69) is 6.92 Å². The molecule has 1 aliphatic heterocycles. The highest BCUT2D eigenvalue weighted by molar-refractivity contribution is 5.73. The lowest BCUT2D eigenvalue weighted by Crippen LogP contribution is -3.15. The zero-order valence-corrected chi connectivity index (χ0v) is 11.7. The number of nitrogens with one attached hydrogen (secondary N) is 1. The van der Waals surface area contributed by atoms with Gasteiger partial charge in [0, 0.05) is 13.5 Å². The minimum atomic E-state index is -0.388. The van der Waals surface area contributed by atoms with Gasteiger partial charge in [0.25, 0.3) is 0 Å². The molecule has 2 N–H and O–H groups in total. The molecule has 106 valence electrons. The normalized spacial score (nSPS) is 18.9. The zero-order valence-electron chi connectivity index (χ0n) is 11.7. The van der Waals surface area contributed by atoms with E-state index in [0.29, 0.717) is 6.61 Å². The molecule has 0 spiro atoms. The molecule has 1 aliphatic rings. The lowest BCUT2D eigenvalue weighted by molar-refractivity contribution is -0.907. The molecule has 18 heavy (non-hydrogen) atoms. The first kappa shape index (κ1) is 15.4. The van der Waals surface area contributed by atoms with E-state index in [-0.39, 0.29) is 12.0 Å². The van der Waals surface area contributed by atoms with Gasteiger partial charge in [-0.2, -0.15) is 0 Å². The van der Waals surface area contributed by atoms with Gasteiger partial charge in [-0.1, -0.05) is 13.3 Å². The summed E-state index contributed by atoms with van der Waals surface area (Å²) in [6.07, 6.45) is 1.78. The molecule has 1 fully saturated rings. The second kappa shape index (κ2) is 8.45. The van der Waals surface area contributed by atoms with Crippen molar-refractivity contribution in [3.05, 3.63) is 0 Å². The predicted molar refractivity (Wildman–Crippen MR) is 69.6 cm³/mol. The van der Waals surface area contributed by atoms with Crippen molar-refractivity contribution in [3.63, 3.8) is 0 Å². The lowest BCUT2D eigenvalue weighted by atomic mass is 10.2. The quantitative estimate of drug-likeness (QED) is 0.571. The summed E-state index contributed by atoms with van der Waals surface area (Å²) in [4.78, 5) is 14.4. The summed E-state index contributed by atoms with van der Waals surface area (Å²) in [5.41, 5.74) is 0. The first-order valence-electron chi connectivity index (χ1n) is 6.98. The number of hydrogen-bond acceptors (Lipinski definition) is 3. The van der Waals surface area contributed by atoms with Crippen molar-refractivity contribution in [1.82, 2.24) is 4.90 Å². The molecule has 0 radical (unpaired) electrons. The molecule has 0 unspecified atom stereocenters. The van der Waals surface area contributed by atoms with Gasteiger partial charge in [0.05, 0.1) is 32.8 Å². The summed E-state index contributed by atoms with van der Waals surface area (Å²) in [6, 6.07) is 0. The number of aliphatic hydroxyl groups excluding tert-OH is 1. The van der Waals surface area contributed by atoms with Crippen LogP contribution in [-0.4, -0.2) is 68.0 Å². The summed E-state index contributed by atoms with van der Waals surface area (Å²) < 4.78 is 5.41. The van der Waals surface area contributed by atoms with E-state index in [1.165, 1.54) is 4.90 Å². The molecular weight excluding hydrogens is 232 g/mol. The zero-order chi connectivity index (χ0) is 13.4. The Hall–Kier alpha value is -0.650. The maximum absolute atomic E-state index is 11.2. The van der Waals surface area contributed by atoms with Crippen LogP contribution in [0.3, 0.4) is 0 Å². The summed E-state index contributed by atoms with van der Waals surface area (Å²) in [6.45, 7) is 9.07. The van der Waals surface area contributed by atoms with Crippen LogP contribution in [0.4, 0.5) is 0 Å². The summed E-state index contributed by atoms with van der Waals surface area (Å²) >= 11 is 0. The van der Waals surface area contributed by atoms with Crippen LogP contribution in [0, 0.1) is 0 Å². The number of carbonyl (C=O) groups is 1. The Morgan fingerprint density at radius 1 is 1.44 bits per heavy atom. The average molecular weight is 259 g/mol. The minimum absolute atomic E-state index is 0.150. The highest BCUT2D eigenvalue weighted by Gasteiger charge is 2.23. The second-order valence-electron chi connectivity index (χ2n) is 5.04. The van der Waals surface area contributed by atoms with Crippen LogP contribution in [0.15, 0.2) is 0 Å². The minimum Gasteiger partial charge on any atom is -0.385 e. The molecule has 0 aliphatic carbocycles.